The van der Waals surface area contributed by atoms with Crippen molar-refractivity contribution in [3.05, 3.63) is 18.2 Å². The predicted octanol–water partition coefficient (Wildman–Crippen LogP) is 2.08. The number of nitrogens with zero attached hydrogens (tertiary/aromatic N) is 3. The Labute approximate surface area is 126 Å². The maximum atomic E-state index is 12.0. The van der Waals surface area contributed by atoms with E-state index in [0.29, 0.717) is 6.54 Å². The first-order valence-corrected chi connectivity index (χ1v) is 7.47. The van der Waals surface area contributed by atoms with Crippen molar-refractivity contribution < 1.29 is 9.53 Å². The van der Waals surface area contributed by atoms with Crippen LogP contribution in [-0.4, -0.2) is 45.3 Å². The minimum Gasteiger partial charge on any atom is -0.444 e. The summed E-state index contributed by atoms with van der Waals surface area (Å²) in [4.78, 5) is 18.2. The molecule has 6 heteroatoms. The first-order chi connectivity index (χ1) is 9.76. The summed E-state index contributed by atoms with van der Waals surface area (Å²) in [7, 11) is 1.99. The van der Waals surface area contributed by atoms with Crippen molar-refractivity contribution in [1.29, 1.82) is 0 Å². The maximum absolute atomic E-state index is 12.0. The first-order valence-electron chi connectivity index (χ1n) is 7.47. The SMILES string of the molecule is CC(NC1CCN(C(=O)OC(C)(C)C)C1)c1nccn1C. The highest BCUT2D eigenvalue weighted by atomic mass is 16.6. The highest BCUT2D eigenvalue weighted by molar-refractivity contribution is 5.68. The van der Waals surface area contributed by atoms with E-state index >= 15 is 0 Å². The van der Waals surface area contributed by atoms with Gasteiger partial charge in [0.15, 0.2) is 0 Å². The van der Waals surface area contributed by atoms with Gasteiger partial charge in [-0.1, -0.05) is 0 Å². The molecule has 1 saturated heterocycles. The summed E-state index contributed by atoms with van der Waals surface area (Å²) in [5.41, 5.74) is -0.442. The van der Waals surface area contributed by atoms with E-state index in [1.54, 1.807) is 11.1 Å². The third-order valence-corrected chi connectivity index (χ3v) is 3.57. The van der Waals surface area contributed by atoms with Crippen LogP contribution in [0, 0.1) is 0 Å². The first kappa shape index (κ1) is 15.8. The zero-order valence-corrected chi connectivity index (χ0v) is 13.6. The molecule has 1 fully saturated rings. The fraction of sp³-hybridized carbons (Fsp3) is 0.733. The van der Waals surface area contributed by atoms with Gasteiger partial charge < -0.3 is 19.5 Å². The molecule has 0 saturated carbocycles. The average Bonchev–Trinajstić information content (AvgIpc) is 2.95. The Balaban J connectivity index is 1.85. The lowest BCUT2D eigenvalue weighted by Crippen LogP contribution is -2.39. The Kier molecular flexibility index (Phi) is 4.56. The monoisotopic (exact) mass is 294 g/mol. The number of carbonyl (C=O) groups is 1. The lowest BCUT2D eigenvalue weighted by atomic mass is 10.2. The van der Waals surface area contributed by atoms with Crippen LogP contribution in [0.5, 0.6) is 0 Å². The molecule has 2 rings (SSSR count). The average molecular weight is 294 g/mol. The molecular weight excluding hydrogens is 268 g/mol. The van der Waals surface area contributed by atoms with Crippen molar-refractivity contribution in [2.75, 3.05) is 13.1 Å². The summed E-state index contributed by atoms with van der Waals surface area (Å²) in [6.45, 7) is 9.18. The molecule has 0 aromatic carbocycles. The van der Waals surface area contributed by atoms with E-state index in [0.717, 1.165) is 18.8 Å². The molecule has 1 aliphatic heterocycles. The highest BCUT2D eigenvalue weighted by Crippen LogP contribution is 2.18. The van der Waals surface area contributed by atoms with E-state index in [4.69, 9.17) is 4.74 Å². The predicted molar refractivity (Wildman–Crippen MR) is 81.0 cm³/mol. The molecule has 21 heavy (non-hydrogen) atoms. The van der Waals surface area contributed by atoms with E-state index in [1.165, 1.54) is 0 Å². The number of aromatic nitrogens is 2. The fourth-order valence-corrected chi connectivity index (χ4v) is 2.61. The molecule has 1 N–H and O–H groups in total. The van der Waals surface area contributed by atoms with Gasteiger partial charge in [-0.2, -0.15) is 0 Å². The molecule has 1 aromatic rings. The van der Waals surface area contributed by atoms with Gasteiger partial charge in [0, 0.05) is 38.6 Å². The second-order valence-corrected chi connectivity index (χ2v) is 6.70. The summed E-state index contributed by atoms with van der Waals surface area (Å²) < 4.78 is 7.42. The molecule has 6 nitrogen and oxygen atoms in total. The quantitative estimate of drug-likeness (QED) is 0.927. The van der Waals surface area contributed by atoms with E-state index < -0.39 is 5.60 Å². The van der Waals surface area contributed by atoms with Crippen LogP contribution in [-0.2, 0) is 11.8 Å². The number of amides is 1. The van der Waals surface area contributed by atoms with Crippen LogP contribution in [0.3, 0.4) is 0 Å². The van der Waals surface area contributed by atoms with Gasteiger partial charge in [-0.15, -0.1) is 0 Å². The van der Waals surface area contributed by atoms with E-state index in [9.17, 15) is 4.79 Å². The van der Waals surface area contributed by atoms with Gasteiger partial charge in [-0.25, -0.2) is 9.78 Å². The Hall–Kier alpha value is -1.56. The summed E-state index contributed by atoms with van der Waals surface area (Å²) >= 11 is 0. The van der Waals surface area contributed by atoms with E-state index in [1.807, 2.05) is 38.6 Å². The molecule has 1 aromatic heterocycles. The van der Waals surface area contributed by atoms with Gasteiger partial charge in [0.2, 0.25) is 0 Å². The normalized spacial score (nSPS) is 20.6. The number of rotatable bonds is 3. The standard InChI is InChI=1S/C15H26N4O2/c1-11(13-16-7-9-18(13)5)17-12-6-8-19(10-12)14(20)21-15(2,3)4/h7,9,11-12,17H,6,8,10H2,1-5H3. The Morgan fingerprint density at radius 1 is 1.52 bits per heavy atom. The van der Waals surface area contributed by atoms with Crippen LogP contribution in [0.15, 0.2) is 12.4 Å². The second-order valence-electron chi connectivity index (χ2n) is 6.70. The molecular formula is C15H26N4O2. The van der Waals surface area contributed by atoms with Gasteiger partial charge in [-0.3, -0.25) is 0 Å². The Morgan fingerprint density at radius 3 is 2.81 bits per heavy atom. The topological polar surface area (TPSA) is 59.4 Å². The summed E-state index contributed by atoms with van der Waals surface area (Å²) in [5, 5.41) is 3.54. The van der Waals surface area contributed by atoms with Crippen LogP contribution in [0.1, 0.15) is 46.0 Å². The van der Waals surface area contributed by atoms with Gasteiger partial charge in [-0.05, 0) is 34.1 Å². The van der Waals surface area contributed by atoms with Crippen molar-refractivity contribution in [3.8, 4) is 0 Å². The third-order valence-electron chi connectivity index (χ3n) is 3.57. The lowest BCUT2D eigenvalue weighted by Gasteiger charge is -2.25. The molecule has 0 bridgehead atoms. The highest BCUT2D eigenvalue weighted by Gasteiger charge is 2.30. The van der Waals surface area contributed by atoms with Crippen LogP contribution in [0.25, 0.3) is 0 Å². The van der Waals surface area contributed by atoms with Crippen LogP contribution >= 0.6 is 0 Å². The largest absolute Gasteiger partial charge is 0.444 e. The summed E-state index contributed by atoms with van der Waals surface area (Å²) in [6, 6.07) is 0.442. The third kappa shape index (κ3) is 4.20. The zero-order chi connectivity index (χ0) is 15.6. The fourth-order valence-electron chi connectivity index (χ4n) is 2.61. The van der Waals surface area contributed by atoms with Gasteiger partial charge in [0.05, 0.1) is 6.04 Å². The molecule has 1 amide bonds. The number of aryl methyl sites for hydroxylation is 1. The van der Waals surface area contributed by atoms with Gasteiger partial charge in [0.25, 0.3) is 0 Å². The van der Waals surface area contributed by atoms with Crippen LogP contribution in [0.4, 0.5) is 4.79 Å². The number of likely N-dealkylation sites (tertiary alicyclic amines) is 1. The lowest BCUT2D eigenvalue weighted by molar-refractivity contribution is 0.0290. The summed E-state index contributed by atoms with van der Waals surface area (Å²) in [6.07, 6.45) is 4.45. The molecule has 0 aliphatic carbocycles. The van der Waals surface area contributed by atoms with Crippen LogP contribution in [0.2, 0.25) is 0 Å². The van der Waals surface area contributed by atoms with Crippen molar-refractivity contribution in [3.63, 3.8) is 0 Å². The number of nitrogens with one attached hydrogen (secondary N) is 1. The Bertz CT molecular complexity index is 492. The van der Waals surface area contributed by atoms with Crippen molar-refractivity contribution >= 4 is 6.09 Å². The molecule has 118 valence electrons. The summed E-state index contributed by atoms with van der Waals surface area (Å²) in [5.74, 6) is 1.01. The zero-order valence-electron chi connectivity index (χ0n) is 13.6. The minimum absolute atomic E-state index is 0.161. The van der Waals surface area contributed by atoms with Crippen molar-refractivity contribution in [1.82, 2.24) is 19.8 Å². The van der Waals surface area contributed by atoms with Gasteiger partial charge in [0.1, 0.15) is 11.4 Å². The molecule has 1 aliphatic rings. The number of ether oxygens (including phenoxy) is 1. The minimum atomic E-state index is -0.442. The number of imidazole rings is 1. The number of hydrogen-bond donors (Lipinski definition) is 1. The second kappa shape index (κ2) is 6.05. The maximum Gasteiger partial charge on any atom is 0.410 e. The smallest absolute Gasteiger partial charge is 0.410 e. The van der Waals surface area contributed by atoms with Crippen molar-refractivity contribution in [2.24, 2.45) is 7.05 Å². The van der Waals surface area contributed by atoms with Crippen molar-refractivity contribution in [2.45, 2.75) is 51.8 Å². The van der Waals surface area contributed by atoms with Gasteiger partial charge >= 0.3 is 6.09 Å². The number of carbonyl (C=O) groups excluding carboxylic acids is 1. The van der Waals surface area contributed by atoms with E-state index in [-0.39, 0.29) is 18.2 Å². The molecule has 0 spiro atoms. The molecule has 2 unspecified atom stereocenters. The number of hydrogen-bond acceptors (Lipinski definition) is 4. The molecule has 0 radical (unpaired) electrons. The van der Waals surface area contributed by atoms with E-state index in [2.05, 4.69) is 17.2 Å². The van der Waals surface area contributed by atoms with Crippen LogP contribution < -0.4 is 5.32 Å². The Morgan fingerprint density at radius 2 is 2.24 bits per heavy atom. The molecule has 2 atom stereocenters. The molecule has 2 heterocycles.